The summed E-state index contributed by atoms with van der Waals surface area (Å²) in [5, 5.41) is 12.5. The summed E-state index contributed by atoms with van der Waals surface area (Å²) >= 11 is 3.35. The Morgan fingerprint density at radius 1 is 1.18 bits per heavy atom. The minimum atomic E-state index is 0.0386. The van der Waals surface area contributed by atoms with Crippen LogP contribution in [0.5, 0.6) is 0 Å². The molecular weight excluding hydrogens is 280 g/mol. The number of para-hydroxylation sites is 1. The van der Waals surface area contributed by atoms with E-state index in [0.717, 1.165) is 21.4 Å². The molecule has 0 spiro atoms. The lowest BCUT2D eigenvalue weighted by Crippen LogP contribution is -2.03. The van der Waals surface area contributed by atoms with Gasteiger partial charge >= 0.3 is 0 Å². The number of aliphatic hydroxyl groups is 1. The summed E-state index contributed by atoms with van der Waals surface area (Å²) in [5.74, 6) is 0. The van der Waals surface area contributed by atoms with Gasteiger partial charge in [-0.3, -0.25) is 4.98 Å². The van der Waals surface area contributed by atoms with Gasteiger partial charge in [0.1, 0.15) is 0 Å². The SMILES string of the molecule is OCc1ccccc1NCc1ccc(Br)cn1. The molecule has 0 aliphatic carbocycles. The molecule has 0 aliphatic heterocycles. The average molecular weight is 293 g/mol. The van der Waals surface area contributed by atoms with Gasteiger partial charge in [0.05, 0.1) is 18.8 Å². The van der Waals surface area contributed by atoms with Crippen LogP contribution in [0.2, 0.25) is 0 Å². The molecule has 1 aromatic carbocycles. The molecule has 0 fully saturated rings. The van der Waals surface area contributed by atoms with Crippen LogP contribution in [0.4, 0.5) is 5.69 Å². The molecule has 17 heavy (non-hydrogen) atoms. The van der Waals surface area contributed by atoms with Gasteiger partial charge in [-0.05, 0) is 34.1 Å². The van der Waals surface area contributed by atoms with Crippen molar-refractivity contribution >= 4 is 21.6 Å². The van der Waals surface area contributed by atoms with Gasteiger partial charge in [-0.25, -0.2) is 0 Å². The predicted molar refractivity (Wildman–Crippen MR) is 71.6 cm³/mol. The van der Waals surface area contributed by atoms with Crippen LogP contribution < -0.4 is 5.32 Å². The molecule has 88 valence electrons. The second-order valence-corrected chi connectivity index (χ2v) is 4.55. The highest BCUT2D eigenvalue weighted by molar-refractivity contribution is 9.10. The highest BCUT2D eigenvalue weighted by Crippen LogP contribution is 2.16. The summed E-state index contributed by atoms with van der Waals surface area (Å²) < 4.78 is 0.969. The van der Waals surface area contributed by atoms with Crippen LogP contribution in [0.1, 0.15) is 11.3 Å². The number of anilines is 1. The van der Waals surface area contributed by atoms with Crippen molar-refractivity contribution < 1.29 is 5.11 Å². The van der Waals surface area contributed by atoms with Crippen molar-refractivity contribution in [3.63, 3.8) is 0 Å². The Bertz CT molecular complexity index is 485. The van der Waals surface area contributed by atoms with E-state index in [1.165, 1.54) is 0 Å². The standard InChI is InChI=1S/C13H13BrN2O/c14-11-5-6-12(15-7-11)8-16-13-4-2-1-3-10(13)9-17/h1-7,16-17H,8-9H2. The second kappa shape index (κ2) is 5.80. The van der Waals surface area contributed by atoms with E-state index in [1.54, 1.807) is 6.20 Å². The number of rotatable bonds is 4. The van der Waals surface area contributed by atoms with Gasteiger partial charge in [0.25, 0.3) is 0 Å². The zero-order valence-corrected chi connectivity index (χ0v) is 10.8. The van der Waals surface area contributed by atoms with Gasteiger partial charge in [0.2, 0.25) is 0 Å². The van der Waals surface area contributed by atoms with E-state index < -0.39 is 0 Å². The molecule has 3 nitrogen and oxygen atoms in total. The van der Waals surface area contributed by atoms with Gasteiger partial charge in [0, 0.05) is 21.9 Å². The molecule has 0 saturated heterocycles. The third kappa shape index (κ3) is 3.28. The lowest BCUT2D eigenvalue weighted by Gasteiger charge is -2.09. The van der Waals surface area contributed by atoms with E-state index in [4.69, 9.17) is 0 Å². The van der Waals surface area contributed by atoms with Gasteiger partial charge in [0.15, 0.2) is 0 Å². The van der Waals surface area contributed by atoms with Crippen molar-refractivity contribution in [2.75, 3.05) is 5.32 Å². The molecule has 4 heteroatoms. The van der Waals surface area contributed by atoms with Crippen molar-refractivity contribution in [1.29, 1.82) is 0 Å². The molecule has 2 aromatic rings. The topological polar surface area (TPSA) is 45.1 Å². The molecule has 2 rings (SSSR count). The number of halogens is 1. The Balaban J connectivity index is 2.04. The Labute approximate surface area is 109 Å². The molecule has 0 radical (unpaired) electrons. The lowest BCUT2D eigenvalue weighted by molar-refractivity contribution is 0.282. The van der Waals surface area contributed by atoms with Gasteiger partial charge in [-0.1, -0.05) is 18.2 Å². The normalized spacial score (nSPS) is 10.2. The number of hydrogen-bond acceptors (Lipinski definition) is 3. The van der Waals surface area contributed by atoms with Crippen molar-refractivity contribution in [2.45, 2.75) is 13.2 Å². The number of aromatic nitrogens is 1. The highest BCUT2D eigenvalue weighted by Gasteiger charge is 2.00. The van der Waals surface area contributed by atoms with Crippen molar-refractivity contribution in [1.82, 2.24) is 4.98 Å². The molecule has 1 heterocycles. The Morgan fingerprint density at radius 2 is 2.00 bits per heavy atom. The zero-order chi connectivity index (χ0) is 12.1. The summed E-state index contributed by atoms with van der Waals surface area (Å²) in [6.45, 7) is 0.682. The van der Waals surface area contributed by atoms with E-state index in [2.05, 4.69) is 26.2 Å². The van der Waals surface area contributed by atoms with Gasteiger partial charge in [-0.2, -0.15) is 0 Å². The monoisotopic (exact) mass is 292 g/mol. The van der Waals surface area contributed by atoms with E-state index >= 15 is 0 Å². The van der Waals surface area contributed by atoms with Crippen molar-refractivity contribution in [3.8, 4) is 0 Å². The Kier molecular flexibility index (Phi) is 4.12. The lowest BCUT2D eigenvalue weighted by atomic mass is 10.2. The maximum Gasteiger partial charge on any atom is 0.0701 e. The Morgan fingerprint density at radius 3 is 2.71 bits per heavy atom. The maximum atomic E-state index is 9.19. The molecule has 0 unspecified atom stereocenters. The number of nitrogens with one attached hydrogen (secondary N) is 1. The van der Waals surface area contributed by atoms with Crippen LogP contribution in [0.15, 0.2) is 47.1 Å². The van der Waals surface area contributed by atoms with E-state index in [1.807, 2.05) is 36.4 Å². The van der Waals surface area contributed by atoms with Crippen molar-refractivity contribution in [3.05, 3.63) is 58.3 Å². The van der Waals surface area contributed by atoms with Gasteiger partial charge in [-0.15, -0.1) is 0 Å². The molecule has 0 saturated carbocycles. The summed E-state index contributed by atoms with van der Waals surface area (Å²) in [5.41, 5.74) is 2.80. The third-order valence-corrected chi connectivity index (χ3v) is 2.91. The predicted octanol–water partition coefficient (Wildman–Crippen LogP) is 2.95. The molecule has 0 amide bonds. The van der Waals surface area contributed by atoms with Crippen LogP contribution >= 0.6 is 15.9 Å². The molecule has 2 N–H and O–H groups in total. The molecule has 0 atom stereocenters. The smallest absolute Gasteiger partial charge is 0.0701 e. The first-order valence-electron chi connectivity index (χ1n) is 5.32. The van der Waals surface area contributed by atoms with Crippen LogP contribution in [0, 0.1) is 0 Å². The van der Waals surface area contributed by atoms with Crippen LogP contribution in [0.3, 0.4) is 0 Å². The summed E-state index contributed by atoms with van der Waals surface area (Å²) in [4.78, 5) is 4.28. The van der Waals surface area contributed by atoms with Crippen molar-refractivity contribution in [2.24, 2.45) is 0 Å². The minimum absolute atomic E-state index is 0.0386. The largest absolute Gasteiger partial charge is 0.392 e. The fourth-order valence-corrected chi connectivity index (χ4v) is 1.76. The zero-order valence-electron chi connectivity index (χ0n) is 9.23. The first-order chi connectivity index (χ1) is 8.29. The van der Waals surface area contributed by atoms with E-state index in [9.17, 15) is 5.11 Å². The molecule has 0 aliphatic rings. The average Bonchev–Trinajstić information content (AvgIpc) is 2.38. The third-order valence-electron chi connectivity index (χ3n) is 2.44. The first kappa shape index (κ1) is 12.1. The maximum absolute atomic E-state index is 9.19. The quantitative estimate of drug-likeness (QED) is 0.911. The fourth-order valence-electron chi connectivity index (χ4n) is 1.53. The van der Waals surface area contributed by atoms with E-state index in [0.29, 0.717) is 6.54 Å². The summed E-state index contributed by atoms with van der Waals surface area (Å²) in [6.07, 6.45) is 1.77. The molecule has 0 bridgehead atoms. The number of benzene rings is 1. The Hall–Kier alpha value is -1.39. The highest BCUT2D eigenvalue weighted by atomic mass is 79.9. The van der Waals surface area contributed by atoms with Crippen LogP contribution in [0.25, 0.3) is 0 Å². The molecule has 1 aromatic heterocycles. The number of pyridine rings is 1. The van der Waals surface area contributed by atoms with Crippen LogP contribution in [-0.4, -0.2) is 10.1 Å². The minimum Gasteiger partial charge on any atom is -0.392 e. The second-order valence-electron chi connectivity index (χ2n) is 3.64. The summed E-state index contributed by atoms with van der Waals surface area (Å²) in [7, 11) is 0. The number of hydrogen-bond donors (Lipinski definition) is 2. The van der Waals surface area contributed by atoms with Gasteiger partial charge < -0.3 is 10.4 Å². The van der Waals surface area contributed by atoms with E-state index in [-0.39, 0.29) is 6.61 Å². The fraction of sp³-hybridized carbons (Fsp3) is 0.154. The summed E-state index contributed by atoms with van der Waals surface area (Å²) in [6, 6.07) is 11.6. The van der Waals surface area contributed by atoms with Crippen LogP contribution in [-0.2, 0) is 13.2 Å². The number of aliphatic hydroxyl groups excluding tert-OH is 1. The molecular formula is C13H13BrN2O. The number of nitrogens with zero attached hydrogens (tertiary/aromatic N) is 1. The first-order valence-corrected chi connectivity index (χ1v) is 6.12.